The van der Waals surface area contributed by atoms with E-state index >= 15 is 0 Å². The van der Waals surface area contributed by atoms with Crippen LogP contribution in [0.5, 0.6) is 0 Å². The second-order valence-corrected chi connectivity index (χ2v) is 6.85. The second kappa shape index (κ2) is 5.25. The molecule has 0 atom stereocenters. The van der Waals surface area contributed by atoms with Crippen LogP contribution in [0.15, 0.2) is 17.5 Å². The molecule has 17 heavy (non-hydrogen) atoms. The van der Waals surface area contributed by atoms with Gasteiger partial charge in [0, 0.05) is 23.4 Å². The lowest BCUT2D eigenvalue weighted by atomic mass is 9.91. The zero-order valence-corrected chi connectivity index (χ0v) is 12.0. The molecule has 0 bridgehead atoms. The molecule has 0 saturated heterocycles. The minimum Gasteiger partial charge on any atom is -0.307 e. The number of aromatic nitrogens is 2. The Balaban J connectivity index is 1.93. The summed E-state index contributed by atoms with van der Waals surface area (Å²) in [6.45, 7) is 8.28. The molecule has 0 aliphatic rings. The summed E-state index contributed by atoms with van der Waals surface area (Å²) in [5.74, 6) is 0. The van der Waals surface area contributed by atoms with E-state index in [1.807, 2.05) is 0 Å². The van der Waals surface area contributed by atoms with Crippen molar-refractivity contribution < 1.29 is 0 Å². The van der Waals surface area contributed by atoms with E-state index < -0.39 is 0 Å². The van der Waals surface area contributed by atoms with Crippen LogP contribution in [0.2, 0.25) is 0 Å². The number of hydrogen-bond donors (Lipinski definition) is 1. The number of thiophene rings is 1. The highest BCUT2D eigenvalue weighted by Crippen LogP contribution is 2.25. The van der Waals surface area contributed by atoms with Gasteiger partial charge in [0.1, 0.15) is 0 Å². The summed E-state index contributed by atoms with van der Waals surface area (Å²) in [7, 11) is 0. The molecule has 0 spiro atoms. The first-order valence-corrected chi connectivity index (χ1v) is 7.27. The van der Waals surface area contributed by atoms with Crippen LogP contribution >= 0.6 is 22.9 Å². The number of nitrogens with zero attached hydrogens (tertiary/aromatic N) is 2. The third kappa shape index (κ3) is 3.34. The summed E-state index contributed by atoms with van der Waals surface area (Å²) in [5.41, 5.74) is 1.19. The average molecular weight is 267 g/mol. The van der Waals surface area contributed by atoms with Gasteiger partial charge >= 0.3 is 0 Å². The Morgan fingerprint density at radius 2 is 2.12 bits per heavy atom. The van der Waals surface area contributed by atoms with Gasteiger partial charge < -0.3 is 5.32 Å². The van der Waals surface area contributed by atoms with Crippen molar-refractivity contribution >= 4 is 22.9 Å². The Labute approximate surface area is 110 Å². The normalized spacial score (nSPS) is 11.9. The van der Waals surface area contributed by atoms with Crippen molar-refractivity contribution in [3.63, 3.8) is 0 Å². The van der Waals surface area contributed by atoms with Gasteiger partial charge in [-0.1, -0.05) is 31.3 Å². The molecule has 0 aliphatic heterocycles. The lowest BCUT2D eigenvalue weighted by Crippen LogP contribution is -2.18. The van der Waals surface area contributed by atoms with Gasteiger partial charge in [0.25, 0.3) is 0 Å². The van der Waals surface area contributed by atoms with Gasteiger partial charge in [0.05, 0.1) is 10.6 Å². The largest absolute Gasteiger partial charge is 0.307 e. The van der Waals surface area contributed by atoms with Gasteiger partial charge in [-0.05, 0) is 23.0 Å². The molecule has 2 rings (SSSR count). The van der Waals surface area contributed by atoms with Crippen LogP contribution in [0.25, 0.3) is 0 Å². The van der Waals surface area contributed by atoms with Crippen molar-refractivity contribution in [3.8, 4) is 0 Å². The van der Waals surface area contributed by atoms with Crippen molar-refractivity contribution in [2.24, 2.45) is 0 Å². The van der Waals surface area contributed by atoms with Gasteiger partial charge in [0.2, 0.25) is 0 Å². The molecule has 2 aromatic rings. The van der Waals surface area contributed by atoms with Crippen LogP contribution in [0.1, 0.15) is 36.2 Å². The fraction of sp³-hybridized carbons (Fsp3) is 0.500. The summed E-state index contributed by atoms with van der Waals surface area (Å²) in [4.78, 5) is 2.61. The van der Waals surface area contributed by atoms with E-state index in [1.165, 1.54) is 21.3 Å². The Hall–Kier alpha value is -0.780. The molecule has 0 amide bonds. The highest BCUT2D eigenvalue weighted by Gasteiger charge is 2.21. The van der Waals surface area contributed by atoms with Gasteiger partial charge in [-0.15, -0.1) is 16.4 Å². The fourth-order valence-electron chi connectivity index (χ4n) is 1.61. The zero-order valence-electron chi connectivity index (χ0n) is 10.4. The average Bonchev–Trinajstić information content (AvgIpc) is 2.86. The predicted octanol–water partition coefficient (Wildman–Crippen LogP) is 3.19. The smallest absolute Gasteiger partial charge is 0.0854 e. The van der Waals surface area contributed by atoms with Crippen LogP contribution in [-0.2, 0) is 18.5 Å². The lowest BCUT2D eigenvalue weighted by Gasteiger charge is -2.16. The summed E-state index contributed by atoms with van der Waals surface area (Å²) >= 11 is 3.27. The Morgan fingerprint density at radius 1 is 1.29 bits per heavy atom. The lowest BCUT2D eigenvalue weighted by molar-refractivity contribution is 0.554. The van der Waals surface area contributed by atoms with E-state index in [4.69, 9.17) is 0 Å². The molecular weight excluding hydrogens is 250 g/mol. The standard InChI is InChI=1S/C12H17N3S2/c1-12(2,3)11-10(17-15-14-11)8-13-7-9-5-4-6-16-9/h4-6,13H,7-8H2,1-3H3. The third-order valence-corrected chi connectivity index (χ3v) is 4.03. The summed E-state index contributed by atoms with van der Waals surface area (Å²) < 4.78 is 4.06. The Kier molecular flexibility index (Phi) is 3.91. The van der Waals surface area contributed by atoms with Crippen molar-refractivity contribution in [1.82, 2.24) is 14.9 Å². The van der Waals surface area contributed by atoms with E-state index in [0.717, 1.165) is 18.8 Å². The third-order valence-electron chi connectivity index (χ3n) is 2.43. The molecule has 0 aliphatic carbocycles. The van der Waals surface area contributed by atoms with Gasteiger partial charge in [-0.25, -0.2) is 0 Å². The molecule has 5 heteroatoms. The van der Waals surface area contributed by atoms with Crippen molar-refractivity contribution in [3.05, 3.63) is 33.0 Å². The molecule has 0 fully saturated rings. The van der Waals surface area contributed by atoms with Gasteiger partial charge in [0.15, 0.2) is 0 Å². The predicted molar refractivity (Wildman–Crippen MR) is 73.5 cm³/mol. The first-order chi connectivity index (χ1) is 8.07. The maximum absolute atomic E-state index is 4.23. The molecule has 0 unspecified atom stereocenters. The summed E-state index contributed by atoms with van der Waals surface area (Å²) in [5, 5.41) is 9.78. The van der Waals surface area contributed by atoms with Crippen LogP contribution in [0.4, 0.5) is 0 Å². The Morgan fingerprint density at radius 3 is 2.76 bits per heavy atom. The molecule has 0 aromatic carbocycles. The molecule has 3 nitrogen and oxygen atoms in total. The molecular formula is C12H17N3S2. The van der Waals surface area contributed by atoms with E-state index in [9.17, 15) is 0 Å². The van der Waals surface area contributed by atoms with Crippen LogP contribution in [0, 0.1) is 0 Å². The minimum absolute atomic E-state index is 0.0763. The number of hydrogen-bond acceptors (Lipinski definition) is 5. The van der Waals surface area contributed by atoms with Gasteiger partial charge in [-0.3, -0.25) is 0 Å². The minimum atomic E-state index is 0.0763. The SMILES string of the molecule is CC(C)(C)c1nnsc1CNCc1cccs1. The molecule has 92 valence electrons. The van der Waals surface area contributed by atoms with E-state index in [-0.39, 0.29) is 5.41 Å². The fourth-order valence-corrected chi connectivity index (χ4v) is 3.10. The quantitative estimate of drug-likeness (QED) is 0.924. The van der Waals surface area contributed by atoms with E-state index in [2.05, 4.69) is 53.2 Å². The first kappa shape index (κ1) is 12.7. The van der Waals surface area contributed by atoms with Gasteiger partial charge in [-0.2, -0.15) is 0 Å². The number of rotatable bonds is 4. The Bertz CT molecular complexity index is 454. The maximum atomic E-state index is 4.23. The highest BCUT2D eigenvalue weighted by atomic mass is 32.1. The zero-order chi connectivity index (χ0) is 12.3. The van der Waals surface area contributed by atoms with E-state index in [0.29, 0.717) is 0 Å². The van der Waals surface area contributed by atoms with Crippen LogP contribution in [-0.4, -0.2) is 9.59 Å². The summed E-state index contributed by atoms with van der Waals surface area (Å²) in [6, 6.07) is 4.23. The molecule has 2 heterocycles. The molecule has 0 radical (unpaired) electrons. The number of nitrogens with one attached hydrogen (secondary N) is 1. The highest BCUT2D eigenvalue weighted by molar-refractivity contribution is 7.09. The van der Waals surface area contributed by atoms with Crippen molar-refractivity contribution in [1.29, 1.82) is 0 Å². The molecule has 0 saturated carbocycles. The van der Waals surface area contributed by atoms with Crippen LogP contribution < -0.4 is 5.32 Å². The van der Waals surface area contributed by atoms with E-state index in [1.54, 1.807) is 11.3 Å². The first-order valence-electron chi connectivity index (χ1n) is 5.62. The van der Waals surface area contributed by atoms with Crippen LogP contribution in [0.3, 0.4) is 0 Å². The topological polar surface area (TPSA) is 37.8 Å². The van der Waals surface area contributed by atoms with Crippen molar-refractivity contribution in [2.45, 2.75) is 39.3 Å². The monoisotopic (exact) mass is 267 g/mol. The maximum Gasteiger partial charge on any atom is 0.0854 e. The summed E-state index contributed by atoms with van der Waals surface area (Å²) in [6.07, 6.45) is 0. The molecule has 1 N–H and O–H groups in total. The molecule has 2 aromatic heterocycles. The second-order valence-electron chi connectivity index (χ2n) is 4.98. The van der Waals surface area contributed by atoms with Crippen molar-refractivity contribution in [2.75, 3.05) is 0 Å².